The number of hydrogen-bond acceptors (Lipinski definition) is 2. The molecule has 3 N–H and O–H groups in total. The molecule has 5 nitrogen and oxygen atoms in total. The van der Waals surface area contributed by atoms with Crippen LogP contribution < -0.4 is 20.9 Å². The van der Waals surface area contributed by atoms with Gasteiger partial charge in [-0.05, 0) is 42.5 Å². The lowest BCUT2D eigenvalue weighted by Crippen LogP contribution is -2.33. The molecule has 106 valence electrons. The van der Waals surface area contributed by atoms with Gasteiger partial charge in [-0.15, -0.1) is 0 Å². The molecule has 0 saturated heterocycles. The van der Waals surface area contributed by atoms with E-state index < -0.39 is 0 Å². The number of aromatic amines is 3. The summed E-state index contributed by atoms with van der Waals surface area (Å²) in [5, 5.41) is 7.00. The number of rotatable bonds is 3. The molecule has 3 rings (SSSR count). The zero-order valence-electron chi connectivity index (χ0n) is 10.9. The zero-order chi connectivity index (χ0) is 14.7. The number of hydrogen-bond donors (Lipinski definition) is 3. The Morgan fingerprint density at radius 3 is 2.62 bits per heavy atom. The van der Waals surface area contributed by atoms with E-state index in [1.165, 1.54) is 6.26 Å². The first-order valence-corrected chi connectivity index (χ1v) is 6.64. The summed E-state index contributed by atoms with van der Waals surface area (Å²) in [6, 6.07) is 10.7. The Balaban J connectivity index is 1.98. The van der Waals surface area contributed by atoms with Crippen LogP contribution >= 0.6 is 11.6 Å². The molecule has 0 atom stereocenters. The predicted octanol–water partition coefficient (Wildman–Crippen LogP) is 1.33. The van der Waals surface area contributed by atoms with Crippen molar-refractivity contribution in [3.05, 3.63) is 74.2 Å². The molecule has 1 aromatic carbocycles. The molecule has 0 unspecified atom stereocenters. The summed E-state index contributed by atoms with van der Waals surface area (Å²) >= 11 is 5.81. The standard InChI is InChI=1S/C15H12ClN3O2/c16-10-3-5-12(6-4-10)21-9-14-13(15(20)19-18-14)8-11-2-1-7-17-11/h1-9,17-18H,(H,19,20). The highest BCUT2D eigenvalue weighted by Gasteiger charge is 1.97. The molecule has 2 heterocycles. The average molecular weight is 302 g/mol. The van der Waals surface area contributed by atoms with Crippen molar-refractivity contribution in [2.75, 3.05) is 0 Å². The Bertz CT molecular complexity index is 890. The molecule has 0 amide bonds. The van der Waals surface area contributed by atoms with Crippen LogP contribution in [0.4, 0.5) is 0 Å². The highest BCUT2D eigenvalue weighted by atomic mass is 35.5. The third-order valence-electron chi connectivity index (χ3n) is 2.89. The topological polar surface area (TPSA) is 73.7 Å². The lowest BCUT2D eigenvalue weighted by Gasteiger charge is -1.98. The molecule has 0 aliphatic heterocycles. The third kappa shape index (κ3) is 3.09. The van der Waals surface area contributed by atoms with Gasteiger partial charge in [0.1, 0.15) is 17.4 Å². The summed E-state index contributed by atoms with van der Waals surface area (Å²) in [5.74, 6) is 0.632. The number of nitrogens with one attached hydrogen (secondary N) is 3. The van der Waals surface area contributed by atoms with Crippen molar-refractivity contribution in [1.29, 1.82) is 0 Å². The number of ether oxygens (including phenoxy) is 1. The van der Waals surface area contributed by atoms with Crippen molar-refractivity contribution < 1.29 is 4.74 Å². The van der Waals surface area contributed by atoms with Gasteiger partial charge in [-0.1, -0.05) is 11.6 Å². The van der Waals surface area contributed by atoms with Gasteiger partial charge in [0, 0.05) is 16.9 Å². The van der Waals surface area contributed by atoms with Crippen molar-refractivity contribution >= 4 is 23.9 Å². The van der Waals surface area contributed by atoms with E-state index in [2.05, 4.69) is 15.2 Å². The molecule has 0 saturated carbocycles. The lowest BCUT2D eigenvalue weighted by atomic mass is 10.3. The Hall–Kier alpha value is -2.66. The Labute approximate surface area is 124 Å². The second-order valence-corrected chi connectivity index (χ2v) is 4.80. The fraction of sp³-hybridized carbons (Fsp3) is 0. The summed E-state index contributed by atoms with van der Waals surface area (Å²) in [7, 11) is 0. The molecule has 0 radical (unpaired) electrons. The second-order valence-electron chi connectivity index (χ2n) is 4.37. The summed E-state index contributed by atoms with van der Waals surface area (Å²) < 4.78 is 5.52. The van der Waals surface area contributed by atoms with E-state index in [0.717, 1.165) is 5.69 Å². The molecule has 0 bridgehead atoms. The van der Waals surface area contributed by atoms with Gasteiger partial charge >= 0.3 is 0 Å². The van der Waals surface area contributed by atoms with Crippen LogP contribution in [0, 0.1) is 0 Å². The quantitative estimate of drug-likeness (QED) is 0.683. The largest absolute Gasteiger partial charge is 0.463 e. The minimum Gasteiger partial charge on any atom is -0.463 e. The summed E-state index contributed by atoms with van der Waals surface area (Å²) in [6.45, 7) is 0. The maximum atomic E-state index is 11.8. The van der Waals surface area contributed by atoms with Crippen molar-refractivity contribution in [1.82, 2.24) is 15.2 Å². The van der Waals surface area contributed by atoms with Crippen molar-refractivity contribution in [2.24, 2.45) is 0 Å². The zero-order valence-corrected chi connectivity index (χ0v) is 11.6. The van der Waals surface area contributed by atoms with Gasteiger partial charge in [-0.2, -0.15) is 0 Å². The first-order chi connectivity index (χ1) is 10.2. The van der Waals surface area contributed by atoms with Crippen LogP contribution in [-0.2, 0) is 0 Å². The highest BCUT2D eigenvalue weighted by molar-refractivity contribution is 6.30. The molecule has 6 heteroatoms. The second kappa shape index (κ2) is 5.76. The van der Waals surface area contributed by atoms with E-state index in [9.17, 15) is 4.79 Å². The van der Waals surface area contributed by atoms with Crippen LogP contribution in [0.2, 0.25) is 5.02 Å². The number of H-pyrrole nitrogens is 3. The molecule has 3 aromatic rings. The van der Waals surface area contributed by atoms with Crippen molar-refractivity contribution in [3.8, 4) is 5.75 Å². The number of benzene rings is 1. The van der Waals surface area contributed by atoms with Crippen LogP contribution in [-0.4, -0.2) is 15.2 Å². The predicted molar refractivity (Wildman–Crippen MR) is 81.6 cm³/mol. The van der Waals surface area contributed by atoms with Crippen LogP contribution in [0.25, 0.3) is 12.3 Å². The highest BCUT2D eigenvalue weighted by Crippen LogP contribution is 2.15. The first kappa shape index (κ1) is 13.3. The monoisotopic (exact) mass is 301 g/mol. The van der Waals surface area contributed by atoms with Gasteiger partial charge in [0.15, 0.2) is 0 Å². The number of halogens is 1. The molecule has 2 aromatic heterocycles. The fourth-order valence-electron chi connectivity index (χ4n) is 1.85. The molecule has 0 aliphatic rings. The Morgan fingerprint density at radius 2 is 1.90 bits per heavy atom. The minimum atomic E-state index is -0.212. The van der Waals surface area contributed by atoms with Crippen molar-refractivity contribution in [2.45, 2.75) is 0 Å². The normalized spacial score (nSPS) is 12.8. The smallest absolute Gasteiger partial charge is 0.271 e. The van der Waals surface area contributed by atoms with Crippen LogP contribution in [0.5, 0.6) is 5.75 Å². The number of aromatic nitrogens is 3. The van der Waals surface area contributed by atoms with E-state index in [4.69, 9.17) is 16.3 Å². The van der Waals surface area contributed by atoms with Gasteiger partial charge in [-0.3, -0.25) is 15.0 Å². The molecular weight excluding hydrogens is 290 g/mol. The Kier molecular flexibility index (Phi) is 3.66. The van der Waals surface area contributed by atoms with Crippen LogP contribution in [0.3, 0.4) is 0 Å². The van der Waals surface area contributed by atoms with Crippen LogP contribution in [0.1, 0.15) is 5.69 Å². The first-order valence-electron chi connectivity index (χ1n) is 6.26. The van der Waals surface area contributed by atoms with E-state index >= 15 is 0 Å². The molecule has 0 spiro atoms. The van der Waals surface area contributed by atoms with Gasteiger partial charge in [0.2, 0.25) is 0 Å². The lowest BCUT2D eigenvalue weighted by molar-refractivity contribution is 0.537. The fourth-order valence-corrected chi connectivity index (χ4v) is 1.97. The molecular formula is C15H12ClN3O2. The summed E-state index contributed by atoms with van der Waals surface area (Å²) in [5.41, 5.74) is 0.622. The Morgan fingerprint density at radius 1 is 1.10 bits per heavy atom. The third-order valence-corrected chi connectivity index (χ3v) is 3.15. The van der Waals surface area contributed by atoms with Gasteiger partial charge in [0.05, 0.1) is 5.22 Å². The summed E-state index contributed by atoms with van der Waals surface area (Å²) in [4.78, 5) is 14.8. The minimum absolute atomic E-state index is 0.212. The van der Waals surface area contributed by atoms with Gasteiger partial charge < -0.3 is 9.72 Å². The maximum Gasteiger partial charge on any atom is 0.271 e. The molecule has 0 fully saturated rings. The molecule has 21 heavy (non-hydrogen) atoms. The van der Waals surface area contributed by atoms with E-state index in [-0.39, 0.29) is 5.56 Å². The van der Waals surface area contributed by atoms with Gasteiger partial charge in [0.25, 0.3) is 5.56 Å². The van der Waals surface area contributed by atoms with Crippen LogP contribution in [0.15, 0.2) is 47.4 Å². The van der Waals surface area contributed by atoms with Crippen molar-refractivity contribution in [3.63, 3.8) is 0 Å². The van der Waals surface area contributed by atoms with E-state index in [0.29, 0.717) is 21.3 Å². The van der Waals surface area contributed by atoms with Gasteiger partial charge in [-0.25, -0.2) is 0 Å². The maximum absolute atomic E-state index is 11.8. The average Bonchev–Trinajstić information content (AvgIpc) is 3.11. The van der Waals surface area contributed by atoms with E-state index in [1.807, 2.05) is 12.1 Å². The molecule has 0 aliphatic carbocycles. The SMILES string of the molecule is O=c1[nH][nH]c(=COc2ccc(Cl)cc2)c1=Cc1ccc[nH]1. The summed E-state index contributed by atoms with van der Waals surface area (Å²) in [6.07, 6.45) is 5.02. The van der Waals surface area contributed by atoms with E-state index in [1.54, 1.807) is 36.5 Å².